The van der Waals surface area contributed by atoms with Crippen LogP contribution in [0.5, 0.6) is 5.75 Å². The van der Waals surface area contributed by atoms with Crippen molar-refractivity contribution in [2.75, 3.05) is 18.8 Å². The smallest absolute Gasteiger partial charge is 0.410 e. The molecule has 1 unspecified atom stereocenters. The summed E-state index contributed by atoms with van der Waals surface area (Å²) in [5.41, 5.74) is 1.63. The molecule has 2 heterocycles. The number of allylic oxidation sites excluding steroid dienone is 1. The number of rotatable bonds is 8. The third kappa shape index (κ3) is 6.54. The molecule has 0 saturated carbocycles. The van der Waals surface area contributed by atoms with Gasteiger partial charge in [0.25, 0.3) is 0 Å². The van der Waals surface area contributed by atoms with Gasteiger partial charge >= 0.3 is 6.09 Å². The number of benzene rings is 2. The van der Waals surface area contributed by atoms with Crippen LogP contribution in [0.2, 0.25) is 0 Å². The summed E-state index contributed by atoms with van der Waals surface area (Å²) in [6, 6.07) is 16.5. The fourth-order valence-corrected chi connectivity index (χ4v) is 6.85. The summed E-state index contributed by atoms with van der Waals surface area (Å²) in [5, 5.41) is 1.03. The number of carbonyl (C=O) groups is 1. The van der Waals surface area contributed by atoms with Gasteiger partial charge in [-0.3, -0.25) is 4.98 Å². The maximum Gasteiger partial charge on any atom is 0.410 e. The summed E-state index contributed by atoms with van der Waals surface area (Å²) in [5.74, 6) is 0.508. The maximum atomic E-state index is 13.4. The molecule has 4 rings (SSSR count). The average Bonchev–Trinajstić information content (AvgIpc) is 3.25. The largest absolute Gasteiger partial charge is 0.489 e. The van der Waals surface area contributed by atoms with Gasteiger partial charge in [0.05, 0.1) is 16.2 Å². The lowest BCUT2D eigenvalue weighted by atomic mass is 9.86. The first kappa shape index (κ1) is 27.6. The standard InChI is InChI=1S/C30H36N2O5S/c1-6-15-30(16-17-32(20-30)28(33)37-29(3,4)5)21-38(34,35)25-13-11-24(12-14-25)36-19-23-18-22(2)31-27-10-8-7-9-26(23)27/h6-14,18H,1,15-17,19-21H2,2-5H3. The Balaban J connectivity index is 1.45. The summed E-state index contributed by atoms with van der Waals surface area (Å²) in [6.07, 6.45) is 2.37. The second-order valence-corrected chi connectivity index (χ2v) is 13.1. The van der Waals surface area contributed by atoms with Crippen LogP contribution in [-0.2, 0) is 21.2 Å². The van der Waals surface area contributed by atoms with E-state index in [4.69, 9.17) is 9.47 Å². The fourth-order valence-electron chi connectivity index (χ4n) is 4.97. The number of ether oxygens (including phenoxy) is 2. The molecular formula is C30H36N2O5S. The monoisotopic (exact) mass is 536 g/mol. The first-order chi connectivity index (χ1) is 17.9. The normalized spacial score (nSPS) is 17.9. The molecule has 0 aliphatic carbocycles. The minimum atomic E-state index is -3.62. The van der Waals surface area contributed by atoms with E-state index in [0.717, 1.165) is 22.2 Å². The zero-order valence-corrected chi connectivity index (χ0v) is 23.4. The van der Waals surface area contributed by atoms with Crippen LogP contribution in [0.3, 0.4) is 0 Å². The Hall–Kier alpha value is -3.39. The molecule has 1 aliphatic heterocycles. The number of likely N-dealkylation sites (tertiary alicyclic amines) is 1. The second-order valence-electron chi connectivity index (χ2n) is 11.1. The highest BCUT2D eigenvalue weighted by Crippen LogP contribution is 2.38. The predicted molar refractivity (Wildman–Crippen MR) is 149 cm³/mol. The number of sulfone groups is 1. The van der Waals surface area contributed by atoms with E-state index in [-0.39, 0.29) is 10.6 Å². The number of nitrogens with zero attached hydrogens (tertiary/aromatic N) is 2. The summed E-state index contributed by atoms with van der Waals surface area (Å²) in [7, 11) is -3.62. The van der Waals surface area contributed by atoms with Crippen LogP contribution in [0.1, 0.15) is 44.9 Å². The first-order valence-corrected chi connectivity index (χ1v) is 14.4. The van der Waals surface area contributed by atoms with Gasteiger partial charge in [-0.1, -0.05) is 24.3 Å². The molecule has 3 aromatic rings. The third-order valence-corrected chi connectivity index (χ3v) is 8.65. The predicted octanol–water partition coefficient (Wildman–Crippen LogP) is 6.10. The van der Waals surface area contributed by atoms with E-state index in [2.05, 4.69) is 11.6 Å². The Kier molecular flexibility index (Phi) is 7.83. The highest BCUT2D eigenvalue weighted by atomic mass is 32.2. The van der Waals surface area contributed by atoms with Crippen molar-refractivity contribution in [3.05, 3.63) is 78.5 Å². The molecule has 0 N–H and O–H groups in total. The summed E-state index contributed by atoms with van der Waals surface area (Å²) in [4.78, 5) is 19.0. The highest BCUT2D eigenvalue weighted by Gasteiger charge is 2.43. The van der Waals surface area contributed by atoms with Gasteiger partial charge in [0, 0.05) is 35.1 Å². The van der Waals surface area contributed by atoms with Crippen molar-refractivity contribution in [1.29, 1.82) is 0 Å². The topological polar surface area (TPSA) is 85.8 Å². The van der Waals surface area contributed by atoms with E-state index in [1.807, 2.05) is 58.0 Å². The first-order valence-electron chi connectivity index (χ1n) is 12.8. The Bertz CT molecular complexity index is 1430. The van der Waals surface area contributed by atoms with Crippen LogP contribution in [-0.4, -0.2) is 48.8 Å². The maximum absolute atomic E-state index is 13.4. The molecular weight excluding hydrogens is 500 g/mol. The second kappa shape index (κ2) is 10.8. The van der Waals surface area contributed by atoms with Crippen LogP contribution in [0.4, 0.5) is 4.79 Å². The Morgan fingerprint density at radius 2 is 1.87 bits per heavy atom. The molecule has 1 saturated heterocycles. The molecule has 1 aliphatic rings. The van der Waals surface area contributed by atoms with Gasteiger partial charge in [-0.05, 0) is 76.9 Å². The number of aromatic nitrogens is 1. The van der Waals surface area contributed by atoms with E-state index in [9.17, 15) is 13.2 Å². The Morgan fingerprint density at radius 3 is 2.55 bits per heavy atom. The number of aryl methyl sites for hydroxylation is 1. The van der Waals surface area contributed by atoms with Crippen molar-refractivity contribution in [2.24, 2.45) is 5.41 Å². The van der Waals surface area contributed by atoms with Gasteiger partial charge in [-0.15, -0.1) is 6.58 Å². The Labute approximate surface area is 225 Å². The van der Waals surface area contributed by atoms with Crippen molar-refractivity contribution in [3.63, 3.8) is 0 Å². The molecule has 0 bridgehead atoms. The molecule has 0 spiro atoms. The number of para-hydroxylation sites is 1. The summed E-state index contributed by atoms with van der Waals surface area (Å²) in [6.45, 7) is 12.3. The zero-order valence-electron chi connectivity index (χ0n) is 22.6. The molecule has 2 aromatic carbocycles. The lowest BCUT2D eigenvalue weighted by Crippen LogP contribution is -2.38. The number of hydrogen-bond donors (Lipinski definition) is 0. The number of hydrogen-bond acceptors (Lipinski definition) is 6. The summed E-state index contributed by atoms with van der Waals surface area (Å²) >= 11 is 0. The molecule has 1 aromatic heterocycles. The number of fused-ring (bicyclic) bond motifs is 1. The number of carbonyl (C=O) groups excluding carboxylic acids is 1. The SMILES string of the molecule is C=CCC1(CS(=O)(=O)c2ccc(OCc3cc(C)nc4ccccc34)cc2)CCN(C(=O)OC(C)(C)C)C1. The van der Waals surface area contributed by atoms with Gasteiger partial charge in [0.1, 0.15) is 18.0 Å². The molecule has 7 nitrogen and oxygen atoms in total. The van der Waals surface area contributed by atoms with E-state index < -0.39 is 26.9 Å². The van der Waals surface area contributed by atoms with Gasteiger partial charge in [-0.2, -0.15) is 0 Å². The van der Waals surface area contributed by atoms with E-state index in [1.165, 1.54) is 0 Å². The van der Waals surface area contributed by atoms with Crippen molar-refractivity contribution < 1.29 is 22.7 Å². The van der Waals surface area contributed by atoms with Gasteiger partial charge in [0.2, 0.25) is 0 Å². The molecule has 202 valence electrons. The van der Waals surface area contributed by atoms with Gasteiger partial charge < -0.3 is 14.4 Å². The quantitative estimate of drug-likeness (QED) is 0.324. The Morgan fingerprint density at radius 1 is 1.16 bits per heavy atom. The zero-order chi connectivity index (χ0) is 27.6. The highest BCUT2D eigenvalue weighted by molar-refractivity contribution is 7.91. The summed E-state index contributed by atoms with van der Waals surface area (Å²) < 4.78 is 38.4. The minimum Gasteiger partial charge on any atom is -0.489 e. The van der Waals surface area contributed by atoms with Gasteiger partial charge in [-0.25, -0.2) is 13.2 Å². The van der Waals surface area contributed by atoms with E-state index in [0.29, 0.717) is 38.3 Å². The van der Waals surface area contributed by atoms with E-state index >= 15 is 0 Å². The van der Waals surface area contributed by atoms with Gasteiger partial charge in [0.15, 0.2) is 9.84 Å². The van der Waals surface area contributed by atoms with Crippen LogP contribution < -0.4 is 4.74 Å². The van der Waals surface area contributed by atoms with Crippen molar-refractivity contribution in [2.45, 2.75) is 57.6 Å². The number of amides is 1. The van der Waals surface area contributed by atoms with Crippen LogP contribution in [0, 0.1) is 12.3 Å². The third-order valence-electron chi connectivity index (χ3n) is 6.67. The van der Waals surface area contributed by atoms with Crippen LogP contribution in [0.25, 0.3) is 10.9 Å². The lowest BCUT2D eigenvalue weighted by Gasteiger charge is -2.29. The molecule has 1 atom stereocenters. The minimum absolute atomic E-state index is 0.0756. The molecule has 1 fully saturated rings. The number of pyridine rings is 1. The van der Waals surface area contributed by atoms with Crippen molar-refractivity contribution in [3.8, 4) is 5.75 Å². The lowest BCUT2D eigenvalue weighted by molar-refractivity contribution is 0.0276. The fraction of sp³-hybridized carbons (Fsp3) is 0.400. The van der Waals surface area contributed by atoms with Crippen molar-refractivity contribution >= 4 is 26.8 Å². The molecule has 8 heteroatoms. The van der Waals surface area contributed by atoms with E-state index in [1.54, 1.807) is 35.2 Å². The van der Waals surface area contributed by atoms with Crippen LogP contribution >= 0.6 is 0 Å². The molecule has 38 heavy (non-hydrogen) atoms. The molecule has 0 radical (unpaired) electrons. The van der Waals surface area contributed by atoms with Crippen molar-refractivity contribution in [1.82, 2.24) is 9.88 Å². The van der Waals surface area contributed by atoms with Crippen LogP contribution in [0.15, 0.2) is 72.1 Å². The molecule has 1 amide bonds. The average molecular weight is 537 g/mol.